The molecular formula is C17H10F3NO3. The van der Waals surface area contributed by atoms with E-state index in [-0.39, 0.29) is 16.6 Å². The summed E-state index contributed by atoms with van der Waals surface area (Å²) in [6.07, 6.45) is -5.04. The van der Waals surface area contributed by atoms with E-state index in [1.807, 2.05) is 0 Å². The van der Waals surface area contributed by atoms with E-state index in [2.05, 4.69) is 9.72 Å². The summed E-state index contributed by atoms with van der Waals surface area (Å²) in [5.74, 6) is -2.34. The largest absolute Gasteiger partial charge is 0.573 e. The Morgan fingerprint density at radius 3 is 2.25 bits per heavy atom. The van der Waals surface area contributed by atoms with Crippen LogP contribution in [0.3, 0.4) is 0 Å². The van der Waals surface area contributed by atoms with Crippen molar-refractivity contribution >= 4 is 16.9 Å². The van der Waals surface area contributed by atoms with Crippen molar-refractivity contribution in [3.8, 4) is 17.0 Å². The van der Waals surface area contributed by atoms with E-state index in [1.54, 1.807) is 24.3 Å². The molecule has 122 valence electrons. The maximum atomic E-state index is 12.8. The predicted molar refractivity (Wildman–Crippen MR) is 80.8 cm³/mol. The van der Waals surface area contributed by atoms with Crippen LogP contribution in [0.5, 0.6) is 5.75 Å². The van der Waals surface area contributed by atoms with Gasteiger partial charge < -0.3 is 9.84 Å². The number of carboxylic acids is 1. The first-order valence-electron chi connectivity index (χ1n) is 6.84. The lowest BCUT2D eigenvalue weighted by Gasteiger charge is -2.17. The van der Waals surface area contributed by atoms with Crippen LogP contribution in [-0.4, -0.2) is 22.4 Å². The number of para-hydroxylation sites is 1. The van der Waals surface area contributed by atoms with E-state index >= 15 is 0 Å². The fourth-order valence-electron chi connectivity index (χ4n) is 2.41. The minimum atomic E-state index is -5.04. The number of rotatable bonds is 3. The average Bonchev–Trinajstić information content (AvgIpc) is 2.53. The number of pyridine rings is 1. The van der Waals surface area contributed by atoms with Crippen molar-refractivity contribution in [1.82, 2.24) is 4.98 Å². The molecule has 0 fully saturated rings. The Labute approximate surface area is 134 Å². The van der Waals surface area contributed by atoms with E-state index in [1.165, 1.54) is 30.3 Å². The van der Waals surface area contributed by atoms with Crippen LogP contribution >= 0.6 is 0 Å². The molecule has 0 unspecified atom stereocenters. The highest BCUT2D eigenvalue weighted by atomic mass is 19.4. The Hall–Kier alpha value is -3.09. The highest BCUT2D eigenvalue weighted by molar-refractivity contribution is 6.07. The number of carboxylic acid groups (broad SMARTS) is 1. The van der Waals surface area contributed by atoms with Crippen molar-refractivity contribution in [2.75, 3.05) is 0 Å². The molecule has 1 aromatic heterocycles. The van der Waals surface area contributed by atoms with Crippen molar-refractivity contribution in [3.05, 3.63) is 60.2 Å². The van der Waals surface area contributed by atoms with Crippen LogP contribution in [0.25, 0.3) is 22.2 Å². The summed E-state index contributed by atoms with van der Waals surface area (Å²) in [7, 11) is 0. The molecule has 4 nitrogen and oxygen atoms in total. The van der Waals surface area contributed by atoms with Crippen LogP contribution in [0.15, 0.2) is 54.6 Å². The number of halogens is 3. The smallest absolute Gasteiger partial charge is 0.478 e. The molecule has 7 heteroatoms. The van der Waals surface area contributed by atoms with Gasteiger partial charge in [0, 0.05) is 10.9 Å². The second-order valence-corrected chi connectivity index (χ2v) is 4.90. The molecule has 2 aromatic carbocycles. The first-order valence-corrected chi connectivity index (χ1v) is 6.84. The normalized spacial score (nSPS) is 11.5. The number of fused-ring (bicyclic) bond motifs is 1. The molecule has 1 N–H and O–H groups in total. The fraction of sp³-hybridized carbons (Fsp3) is 0.0588. The topological polar surface area (TPSA) is 59.4 Å². The third-order valence-electron chi connectivity index (χ3n) is 3.33. The van der Waals surface area contributed by atoms with E-state index < -0.39 is 23.6 Å². The Balaban J connectivity index is 2.40. The predicted octanol–water partition coefficient (Wildman–Crippen LogP) is 4.50. The summed E-state index contributed by atoms with van der Waals surface area (Å²) >= 11 is 0. The van der Waals surface area contributed by atoms with Crippen molar-refractivity contribution < 1.29 is 27.8 Å². The standard InChI is InChI=1S/C17H10F3NO3/c18-17(19,20)24-15-13(16(22)23)11-8-4-5-9-12(11)21-14(15)10-6-2-1-3-7-10/h1-9H,(H,22,23). The molecule has 0 radical (unpaired) electrons. The summed E-state index contributed by atoms with van der Waals surface area (Å²) in [5.41, 5.74) is -0.158. The highest BCUT2D eigenvalue weighted by Crippen LogP contribution is 2.39. The molecule has 0 spiro atoms. The third kappa shape index (κ3) is 3.01. The summed E-state index contributed by atoms with van der Waals surface area (Å²) in [6, 6.07) is 14.1. The van der Waals surface area contributed by atoms with Gasteiger partial charge in [0.25, 0.3) is 0 Å². The van der Waals surface area contributed by atoms with Crippen molar-refractivity contribution in [1.29, 1.82) is 0 Å². The van der Waals surface area contributed by atoms with Gasteiger partial charge in [0.05, 0.1) is 5.52 Å². The summed E-state index contributed by atoms with van der Waals surface area (Å²) < 4.78 is 42.6. The highest BCUT2D eigenvalue weighted by Gasteiger charge is 2.36. The maximum Gasteiger partial charge on any atom is 0.573 e. The Kier molecular flexibility index (Phi) is 3.84. The molecule has 0 saturated heterocycles. The van der Waals surface area contributed by atoms with Crippen LogP contribution < -0.4 is 4.74 Å². The van der Waals surface area contributed by atoms with Gasteiger partial charge in [0.15, 0.2) is 5.75 Å². The first-order chi connectivity index (χ1) is 11.4. The van der Waals surface area contributed by atoms with Crippen molar-refractivity contribution in [3.63, 3.8) is 0 Å². The number of aromatic nitrogens is 1. The molecule has 0 amide bonds. The SMILES string of the molecule is O=C(O)c1c(OC(F)(F)F)c(-c2ccccc2)nc2ccccc12. The molecule has 0 aliphatic heterocycles. The minimum absolute atomic E-state index is 0.0731. The molecule has 3 rings (SSSR count). The van der Waals surface area contributed by atoms with E-state index in [0.717, 1.165) is 0 Å². The van der Waals surface area contributed by atoms with E-state index in [4.69, 9.17) is 0 Å². The second kappa shape index (κ2) is 5.84. The van der Waals surface area contributed by atoms with Crippen LogP contribution in [0.1, 0.15) is 10.4 Å². The quantitative estimate of drug-likeness (QED) is 0.767. The molecule has 0 bridgehead atoms. The third-order valence-corrected chi connectivity index (χ3v) is 3.33. The van der Waals surface area contributed by atoms with Gasteiger partial charge in [-0.3, -0.25) is 0 Å². The molecule has 0 aliphatic rings. The average molecular weight is 333 g/mol. The lowest BCUT2D eigenvalue weighted by Crippen LogP contribution is -2.20. The van der Waals surface area contributed by atoms with Gasteiger partial charge in [-0.15, -0.1) is 13.2 Å². The fourth-order valence-corrected chi connectivity index (χ4v) is 2.41. The van der Waals surface area contributed by atoms with Crippen molar-refractivity contribution in [2.45, 2.75) is 6.36 Å². The Morgan fingerprint density at radius 2 is 1.62 bits per heavy atom. The minimum Gasteiger partial charge on any atom is -0.478 e. The number of nitrogens with zero attached hydrogens (tertiary/aromatic N) is 1. The number of benzene rings is 2. The zero-order valence-electron chi connectivity index (χ0n) is 12.0. The first kappa shape index (κ1) is 15.8. The van der Waals surface area contributed by atoms with Crippen molar-refractivity contribution in [2.24, 2.45) is 0 Å². The van der Waals surface area contributed by atoms with Gasteiger partial charge in [-0.05, 0) is 6.07 Å². The number of alkyl halides is 3. The van der Waals surface area contributed by atoms with Gasteiger partial charge in [0.2, 0.25) is 0 Å². The summed E-state index contributed by atoms with van der Waals surface area (Å²) in [4.78, 5) is 15.8. The zero-order chi connectivity index (χ0) is 17.3. The number of ether oxygens (including phenoxy) is 1. The zero-order valence-corrected chi connectivity index (χ0v) is 12.0. The molecule has 3 aromatic rings. The second-order valence-electron chi connectivity index (χ2n) is 4.90. The van der Waals surface area contributed by atoms with Gasteiger partial charge in [-0.2, -0.15) is 0 Å². The molecular weight excluding hydrogens is 323 g/mol. The number of aromatic carboxylic acids is 1. The van der Waals surface area contributed by atoms with E-state index in [9.17, 15) is 23.1 Å². The molecule has 0 aliphatic carbocycles. The van der Waals surface area contributed by atoms with Gasteiger partial charge in [0.1, 0.15) is 11.3 Å². The molecule has 0 saturated carbocycles. The number of hydrogen-bond acceptors (Lipinski definition) is 3. The number of carbonyl (C=O) groups is 1. The summed E-state index contributed by atoms with van der Waals surface area (Å²) in [6.45, 7) is 0. The van der Waals surface area contributed by atoms with Gasteiger partial charge >= 0.3 is 12.3 Å². The van der Waals surface area contributed by atoms with Crippen LogP contribution in [0.2, 0.25) is 0 Å². The Bertz CT molecular complexity index is 908. The van der Waals surface area contributed by atoms with Crippen LogP contribution in [-0.2, 0) is 0 Å². The lowest BCUT2D eigenvalue weighted by molar-refractivity contribution is -0.274. The molecule has 1 heterocycles. The summed E-state index contributed by atoms with van der Waals surface area (Å²) in [5, 5.41) is 9.53. The maximum absolute atomic E-state index is 12.8. The molecule has 24 heavy (non-hydrogen) atoms. The number of hydrogen-bond donors (Lipinski definition) is 1. The van der Waals surface area contributed by atoms with Gasteiger partial charge in [-0.25, -0.2) is 9.78 Å². The van der Waals surface area contributed by atoms with E-state index in [0.29, 0.717) is 5.56 Å². The lowest BCUT2D eigenvalue weighted by atomic mass is 10.0. The monoisotopic (exact) mass is 333 g/mol. The Morgan fingerprint density at radius 1 is 1.00 bits per heavy atom. The van der Waals surface area contributed by atoms with Gasteiger partial charge in [-0.1, -0.05) is 48.5 Å². The van der Waals surface area contributed by atoms with Crippen LogP contribution in [0.4, 0.5) is 13.2 Å². The van der Waals surface area contributed by atoms with Crippen LogP contribution in [0, 0.1) is 0 Å². The molecule has 0 atom stereocenters.